The van der Waals surface area contributed by atoms with Gasteiger partial charge in [-0.3, -0.25) is 24.4 Å². The normalized spacial score (nSPS) is 13.2. The summed E-state index contributed by atoms with van der Waals surface area (Å²) >= 11 is 0. The highest BCUT2D eigenvalue weighted by Gasteiger charge is 2.23. The predicted octanol–water partition coefficient (Wildman–Crippen LogP) is 3.34. The number of fused-ring (bicyclic) bond motifs is 1. The summed E-state index contributed by atoms with van der Waals surface area (Å²) < 4.78 is 6.24. The number of aromatic nitrogens is 2. The molecule has 214 valence electrons. The first-order chi connectivity index (χ1) is 19.0. The SMILES string of the molecule is COC(=O)N[C@@H](CC/C=C/C(=O)N(C)C)C(=O)Cc1cccn(CC2=Nc3c(cc(C)nc3CC(C)C)C2)c1=O. The van der Waals surface area contributed by atoms with Crippen LogP contribution in [0.3, 0.4) is 0 Å². The molecule has 0 spiro atoms. The van der Waals surface area contributed by atoms with E-state index in [9.17, 15) is 19.2 Å². The van der Waals surface area contributed by atoms with E-state index in [2.05, 4.69) is 23.9 Å². The van der Waals surface area contributed by atoms with E-state index in [1.807, 2.05) is 13.0 Å². The summed E-state index contributed by atoms with van der Waals surface area (Å²) in [4.78, 5) is 61.1. The highest BCUT2D eigenvalue weighted by Crippen LogP contribution is 2.32. The second kappa shape index (κ2) is 13.8. The van der Waals surface area contributed by atoms with E-state index >= 15 is 0 Å². The topological polar surface area (TPSA) is 123 Å². The second-order valence-electron chi connectivity index (χ2n) is 10.7. The fourth-order valence-electron chi connectivity index (χ4n) is 4.58. The minimum atomic E-state index is -0.872. The lowest BCUT2D eigenvalue weighted by atomic mass is 10.0. The molecule has 1 aliphatic rings. The minimum absolute atomic E-state index is 0.150. The van der Waals surface area contributed by atoms with Crippen molar-refractivity contribution in [2.24, 2.45) is 10.9 Å². The van der Waals surface area contributed by atoms with Crippen molar-refractivity contribution >= 4 is 29.2 Å². The van der Waals surface area contributed by atoms with Crippen LogP contribution in [-0.4, -0.2) is 65.2 Å². The van der Waals surface area contributed by atoms with Crippen molar-refractivity contribution in [3.63, 3.8) is 0 Å². The average Bonchev–Trinajstić information content (AvgIpc) is 3.29. The third kappa shape index (κ3) is 8.21. The summed E-state index contributed by atoms with van der Waals surface area (Å²) in [6, 6.07) is 4.54. The fraction of sp³-hybridized carbons (Fsp3) is 0.467. The van der Waals surface area contributed by atoms with Crippen LogP contribution in [-0.2, 0) is 40.1 Å². The molecule has 10 nitrogen and oxygen atoms in total. The molecular weight excluding hydrogens is 510 g/mol. The number of carbonyl (C=O) groups is 3. The molecule has 0 saturated heterocycles. The largest absolute Gasteiger partial charge is 0.453 e. The van der Waals surface area contributed by atoms with E-state index < -0.39 is 12.1 Å². The summed E-state index contributed by atoms with van der Waals surface area (Å²) in [5, 5.41) is 2.55. The molecule has 3 heterocycles. The number of allylic oxidation sites excluding steroid dienone is 1. The average molecular weight is 550 g/mol. The monoisotopic (exact) mass is 549 g/mol. The maximum absolute atomic E-state index is 13.3. The molecule has 0 saturated carbocycles. The van der Waals surface area contributed by atoms with Crippen molar-refractivity contribution in [3.8, 4) is 0 Å². The van der Waals surface area contributed by atoms with Crippen molar-refractivity contribution in [1.82, 2.24) is 19.8 Å². The molecule has 3 rings (SSSR count). The first kappa shape index (κ1) is 30.5. The number of carbonyl (C=O) groups excluding carboxylic acids is 3. The lowest BCUT2D eigenvalue weighted by Gasteiger charge is -2.16. The van der Waals surface area contributed by atoms with Crippen LogP contribution in [0.2, 0.25) is 0 Å². The Morgan fingerprint density at radius 2 is 2.00 bits per heavy atom. The van der Waals surface area contributed by atoms with Gasteiger partial charge in [0, 0.05) is 50.1 Å². The van der Waals surface area contributed by atoms with E-state index in [1.165, 1.54) is 18.1 Å². The van der Waals surface area contributed by atoms with Gasteiger partial charge < -0.3 is 19.5 Å². The second-order valence-corrected chi connectivity index (χ2v) is 10.7. The number of likely N-dealkylation sites (N-methyl/N-ethyl adjacent to an activating group) is 1. The highest BCUT2D eigenvalue weighted by molar-refractivity contribution is 5.94. The smallest absolute Gasteiger partial charge is 0.407 e. The number of hydrogen-bond acceptors (Lipinski definition) is 7. The molecule has 0 aromatic carbocycles. The Kier molecular flexibility index (Phi) is 10.5. The van der Waals surface area contributed by atoms with Gasteiger partial charge in [0.2, 0.25) is 5.91 Å². The molecule has 1 aliphatic heterocycles. The van der Waals surface area contributed by atoms with Crippen LogP contribution in [0.4, 0.5) is 10.5 Å². The number of aryl methyl sites for hydroxylation is 1. The van der Waals surface area contributed by atoms with Crippen molar-refractivity contribution in [2.45, 2.75) is 65.5 Å². The summed E-state index contributed by atoms with van der Waals surface area (Å²) in [6.07, 6.45) is 6.00. The minimum Gasteiger partial charge on any atom is -0.453 e. The number of ether oxygens (including phenoxy) is 1. The fourth-order valence-corrected chi connectivity index (χ4v) is 4.58. The van der Waals surface area contributed by atoms with Gasteiger partial charge >= 0.3 is 6.09 Å². The van der Waals surface area contributed by atoms with E-state index in [0.717, 1.165) is 34.8 Å². The lowest BCUT2D eigenvalue weighted by Crippen LogP contribution is -2.42. The van der Waals surface area contributed by atoms with Gasteiger partial charge in [-0.1, -0.05) is 26.0 Å². The molecule has 0 bridgehead atoms. The lowest BCUT2D eigenvalue weighted by molar-refractivity contribution is -0.123. The Morgan fingerprint density at radius 3 is 2.67 bits per heavy atom. The Balaban J connectivity index is 1.74. The van der Waals surface area contributed by atoms with Gasteiger partial charge in [0.25, 0.3) is 5.56 Å². The summed E-state index contributed by atoms with van der Waals surface area (Å²) in [5.74, 6) is -0.0484. The molecule has 0 unspecified atom stereocenters. The van der Waals surface area contributed by atoms with Crippen LogP contribution in [0.15, 0.2) is 46.3 Å². The standard InChI is InChI=1S/C30H39N5O5/c1-19(2)14-25-28-22(15-20(3)31-25)16-23(32-28)18-35-13-9-10-21(29(35)38)17-26(36)24(33-30(39)40-6)11-7-8-12-27(37)34(4)5/h8-10,12-13,15,19,24H,7,11,14,16-18H2,1-6H3,(H,33,39)/b12-8+/t24-/m0/s1. The number of Topliss-reactive ketones (excluding diaryl/α,β-unsaturated/α-hetero) is 1. The number of methoxy groups -OCH3 is 1. The maximum Gasteiger partial charge on any atom is 0.407 e. The van der Waals surface area contributed by atoms with Gasteiger partial charge in [0.1, 0.15) is 0 Å². The number of hydrogen-bond donors (Lipinski definition) is 1. The van der Waals surface area contributed by atoms with Gasteiger partial charge in [-0.2, -0.15) is 0 Å². The summed E-state index contributed by atoms with van der Waals surface area (Å²) in [7, 11) is 4.51. The maximum atomic E-state index is 13.3. The number of aliphatic imine (C=N–C) groups is 1. The predicted molar refractivity (Wildman–Crippen MR) is 154 cm³/mol. The highest BCUT2D eigenvalue weighted by atomic mass is 16.5. The van der Waals surface area contributed by atoms with Gasteiger partial charge in [-0.05, 0) is 55.9 Å². The zero-order valence-corrected chi connectivity index (χ0v) is 24.2. The van der Waals surface area contributed by atoms with E-state index in [-0.39, 0.29) is 30.1 Å². The molecule has 2 aromatic heterocycles. The van der Waals surface area contributed by atoms with Crippen molar-refractivity contribution in [2.75, 3.05) is 21.2 Å². The molecule has 0 radical (unpaired) electrons. The van der Waals surface area contributed by atoms with Crippen LogP contribution in [0.1, 0.15) is 49.2 Å². The van der Waals surface area contributed by atoms with Crippen molar-refractivity contribution < 1.29 is 19.1 Å². The van der Waals surface area contributed by atoms with Gasteiger partial charge in [0.05, 0.1) is 31.1 Å². The summed E-state index contributed by atoms with van der Waals surface area (Å²) in [6.45, 7) is 6.59. The van der Waals surface area contributed by atoms with Gasteiger partial charge in [-0.15, -0.1) is 0 Å². The number of ketones is 1. The van der Waals surface area contributed by atoms with E-state index in [0.29, 0.717) is 30.9 Å². The summed E-state index contributed by atoms with van der Waals surface area (Å²) in [5.41, 5.74) is 4.89. The van der Waals surface area contributed by atoms with Crippen LogP contribution in [0.5, 0.6) is 0 Å². The Labute approximate surface area is 235 Å². The molecule has 0 fully saturated rings. The third-order valence-corrected chi connectivity index (χ3v) is 6.54. The first-order valence-electron chi connectivity index (χ1n) is 13.5. The molecule has 40 heavy (non-hydrogen) atoms. The van der Waals surface area contributed by atoms with Crippen LogP contribution in [0.25, 0.3) is 0 Å². The number of pyridine rings is 2. The quantitative estimate of drug-likeness (QED) is 0.405. The van der Waals surface area contributed by atoms with Crippen LogP contribution in [0, 0.1) is 12.8 Å². The molecule has 0 aliphatic carbocycles. The van der Waals surface area contributed by atoms with Crippen LogP contribution >= 0.6 is 0 Å². The first-order valence-corrected chi connectivity index (χ1v) is 13.5. The Morgan fingerprint density at radius 1 is 1.25 bits per heavy atom. The molecule has 2 amide bonds. The van der Waals surface area contributed by atoms with Gasteiger partial charge in [0.15, 0.2) is 5.78 Å². The number of amides is 2. The Bertz CT molecular complexity index is 1370. The van der Waals surface area contributed by atoms with Crippen LogP contribution < -0.4 is 10.9 Å². The zero-order chi connectivity index (χ0) is 29.4. The molecule has 1 atom stereocenters. The number of nitrogens with zero attached hydrogens (tertiary/aromatic N) is 4. The number of nitrogens with one attached hydrogen (secondary N) is 1. The van der Waals surface area contributed by atoms with E-state index in [1.54, 1.807) is 43.1 Å². The molecular formula is C30H39N5O5. The van der Waals surface area contributed by atoms with Gasteiger partial charge in [-0.25, -0.2) is 4.79 Å². The van der Waals surface area contributed by atoms with E-state index in [4.69, 9.17) is 9.98 Å². The van der Waals surface area contributed by atoms with Crippen molar-refractivity contribution in [3.05, 3.63) is 69.4 Å². The molecule has 2 aromatic rings. The molecule has 10 heteroatoms. The number of alkyl carbamates (subject to hydrolysis) is 1. The zero-order valence-electron chi connectivity index (χ0n) is 24.2. The third-order valence-electron chi connectivity index (χ3n) is 6.54. The molecule has 1 N–H and O–H groups in total. The Hall–Kier alpha value is -4.08. The number of rotatable bonds is 12. The van der Waals surface area contributed by atoms with Crippen molar-refractivity contribution in [1.29, 1.82) is 0 Å².